The molecule has 1 unspecified atom stereocenters. The van der Waals surface area contributed by atoms with Gasteiger partial charge in [-0.1, -0.05) is 42.8 Å². The van der Waals surface area contributed by atoms with E-state index in [2.05, 4.69) is 47.5 Å². The van der Waals surface area contributed by atoms with Crippen LogP contribution in [0.2, 0.25) is 0 Å². The molecule has 0 spiro atoms. The lowest BCUT2D eigenvalue weighted by Crippen LogP contribution is -2.48. The molecule has 43 heavy (non-hydrogen) atoms. The summed E-state index contributed by atoms with van der Waals surface area (Å²) in [6.07, 6.45) is 5.13. The fourth-order valence-electron chi connectivity index (χ4n) is 5.67. The maximum atomic E-state index is 13.1. The Morgan fingerprint density at radius 3 is 2.16 bits per heavy atom. The van der Waals surface area contributed by atoms with Crippen LogP contribution >= 0.6 is 11.3 Å². The van der Waals surface area contributed by atoms with Gasteiger partial charge in [0.1, 0.15) is 0 Å². The van der Waals surface area contributed by atoms with Crippen LogP contribution in [0.25, 0.3) is 0 Å². The number of hydrogen-bond acceptors (Lipinski definition) is 7. The normalized spacial score (nSPS) is 14.4. The van der Waals surface area contributed by atoms with E-state index in [1.54, 1.807) is 21.3 Å². The van der Waals surface area contributed by atoms with Crippen molar-refractivity contribution in [1.82, 2.24) is 9.80 Å². The molecular formula is C35H46N2O5S. The number of amides is 1. The van der Waals surface area contributed by atoms with Gasteiger partial charge in [-0.15, -0.1) is 11.3 Å². The maximum Gasteiger partial charge on any atom is 0.222 e. The van der Waals surface area contributed by atoms with Gasteiger partial charge in [-0.25, -0.2) is 0 Å². The van der Waals surface area contributed by atoms with Crippen molar-refractivity contribution < 1.29 is 23.8 Å². The first-order valence-electron chi connectivity index (χ1n) is 15.2. The highest BCUT2D eigenvalue weighted by Gasteiger charge is 2.25. The number of benzene rings is 2. The van der Waals surface area contributed by atoms with Crippen LogP contribution in [0.15, 0.2) is 47.8 Å². The van der Waals surface area contributed by atoms with Crippen molar-refractivity contribution in [3.05, 3.63) is 75.0 Å². The van der Waals surface area contributed by atoms with Crippen LogP contribution in [0.5, 0.6) is 17.2 Å². The lowest BCUT2D eigenvalue weighted by Gasteiger charge is -2.35. The first-order valence-corrected chi connectivity index (χ1v) is 16.1. The zero-order valence-corrected chi connectivity index (χ0v) is 27.1. The van der Waals surface area contributed by atoms with Crippen molar-refractivity contribution in [3.63, 3.8) is 0 Å². The number of unbranched alkanes of at least 4 members (excludes halogenated alkanes) is 1. The Bertz CT molecular complexity index is 1340. The molecule has 0 radical (unpaired) electrons. The summed E-state index contributed by atoms with van der Waals surface area (Å²) in [5.74, 6) is 2.18. The third-order valence-corrected chi connectivity index (χ3v) is 9.21. The fourth-order valence-corrected chi connectivity index (χ4v) is 6.56. The number of piperazine rings is 1. The van der Waals surface area contributed by atoms with Gasteiger partial charge in [-0.2, -0.15) is 0 Å². The molecule has 1 atom stereocenters. The Labute approximate surface area is 260 Å². The number of hydrogen-bond donors (Lipinski definition) is 0. The average molecular weight is 607 g/mol. The third kappa shape index (κ3) is 9.07. The van der Waals surface area contributed by atoms with Gasteiger partial charge < -0.3 is 19.1 Å². The summed E-state index contributed by atoms with van der Waals surface area (Å²) in [5, 5.41) is 2.12. The molecule has 2 aromatic carbocycles. The predicted octanol–water partition coefficient (Wildman–Crippen LogP) is 6.59. The number of Topliss-reactive ketones (excluding diaryl/α,β-unsaturated/α-hetero) is 1. The topological polar surface area (TPSA) is 68.3 Å². The minimum absolute atomic E-state index is 0.00844. The molecule has 1 saturated heterocycles. The van der Waals surface area contributed by atoms with E-state index in [4.69, 9.17) is 14.2 Å². The smallest absolute Gasteiger partial charge is 0.222 e. The molecule has 8 heteroatoms. The summed E-state index contributed by atoms with van der Waals surface area (Å²) < 4.78 is 16.6. The van der Waals surface area contributed by atoms with Gasteiger partial charge in [-0.05, 0) is 67.2 Å². The van der Waals surface area contributed by atoms with Gasteiger partial charge in [-0.3, -0.25) is 14.5 Å². The zero-order chi connectivity index (χ0) is 30.8. The molecule has 0 bridgehead atoms. The van der Waals surface area contributed by atoms with Gasteiger partial charge in [0.15, 0.2) is 17.3 Å². The van der Waals surface area contributed by atoms with Crippen molar-refractivity contribution in [3.8, 4) is 17.2 Å². The molecule has 1 amide bonds. The lowest BCUT2D eigenvalue weighted by atomic mass is 9.98. The quantitative estimate of drug-likeness (QED) is 0.144. The monoisotopic (exact) mass is 606 g/mol. The highest BCUT2D eigenvalue weighted by atomic mass is 32.1. The molecule has 7 nitrogen and oxygen atoms in total. The van der Waals surface area contributed by atoms with Crippen molar-refractivity contribution in [2.24, 2.45) is 5.92 Å². The Morgan fingerprint density at radius 2 is 1.51 bits per heavy atom. The summed E-state index contributed by atoms with van der Waals surface area (Å²) in [6.45, 7) is 7.72. The van der Waals surface area contributed by atoms with E-state index in [1.165, 1.54) is 28.0 Å². The van der Waals surface area contributed by atoms with Crippen LogP contribution < -0.4 is 14.2 Å². The highest BCUT2D eigenvalue weighted by Crippen LogP contribution is 2.40. The van der Waals surface area contributed by atoms with E-state index in [0.29, 0.717) is 49.7 Å². The number of rotatable bonds is 15. The van der Waals surface area contributed by atoms with Crippen molar-refractivity contribution in [1.29, 1.82) is 0 Å². The number of carbonyl (C=O) groups excluding carboxylic acids is 2. The van der Waals surface area contributed by atoms with Crippen LogP contribution in [0, 0.1) is 12.8 Å². The largest absolute Gasteiger partial charge is 0.493 e. The molecule has 0 N–H and O–H groups in total. The number of carbonyl (C=O) groups is 2. The highest BCUT2D eigenvalue weighted by molar-refractivity contribution is 7.12. The molecule has 1 fully saturated rings. The molecular weight excluding hydrogens is 560 g/mol. The Kier molecular flexibility index (Phi) is 12.1. The van der Waals surface area contributed by atoms with E-state index in [9.17, 15) is 9.59 Å². The molecule has 1 aliphatic rings. The minimum Gasteiger partial charge on any atom is -0.493 e. The van der Waals surface area contributed by atoms with E-state index >= 15 is 0 Å². The minimum atomic E-state index is 0.00844. The van der Waals surface area contributed by atoms with E-state index in [1.807, 2.05) is 24.0 Å². The maximum absolute atomic E-state index is 13.1. The first kappa shape index (κ1) is 32.6. The summed E-state index contributed by atoms with van der Waals surface area (Å²) in [4.78, 5) is 31.1. The Hall–Kier alpha value is -3.36. The molecule has 0 saturated carbocycles. The molecule has 3 aromatic rings. The van der Waals surface area contributed by atoms with Gasteiger partial charge >= 0.3 is 0 Å². The number of ether oxygens (including phenoxy) is 3. The molecule has 4 rings (SSSR count). The van der Waals surface area contributed by atoms with Crippen molar-refractivity contribution in [2.75, 3.05) is 47.5 Å². The van der Waals surface area contributed by atoms with E-state index in [-0.39, 0.29) is 17.6 Å². The van der Waals surface area contributed by atoms with Gasteiger partial charge in [0.2, 0.25) is 11.7 Å². The molecule has 1 aliphatic heterocycles. The molecule has 2 heterocycles. The van der Waals surface area contributed by atoms with E-state index < -0.39 is 0 Å². The van der Waals surface area contributed by atoms with Crippen molar-refractivity contribution >= 4 is 23.0 Å². The second-order valence-corrected chi connectivity index (χ2v) is 12.5. The van der Waals surface area contributed by atoms with E-state index in [0.717, 1.165) is 49.2 Å². The average Bonchev–Trinajstić information content (AvgIpc) is 3.49. The van der Waals surface area contributed by atoms with Crippen LogP contribution in [-0.4, -0.2) is 69.0 Å². The second-order valence-electron chi connectivity index (χ2n) is 11.6. The Balaban J connectivity index is 1.18. The molecule has 0 aliphatic carbocycles. The number of thiophene rings is 1. The number of nitrogens with zero attached hydrogens (tertiary/aromatic N) is 2. The van der Waals surface area contributed by atoms with Gasteiger partial charge in [0, 0.05) is 51.1 Å². The number of aryl methyl sites for hydroxylation is 3. The number of ketones is 1. The van der Waals surface area contributed by atoms with Crippen LogP contribution in [0.1, 0.15) is 64.5 Å². The van der Waals surface area contributed by atoms with Crippen molar-refractivity contribution in [2.45, 2.75) is 58.9 Å². The third-order valence-electron chi connectivity index (χ3n) is 8.19. The molecule has 232 valence electrons. The van der Waals surface area contributed by atoms with Gasteiger partial charge in [0.05, 0.1) is 26.2 Å². The fraction of sp³-hybridized carbons (Fsp3) is 0.486. The SMILES string of the molecule is COc1ccc(CN2CCN(C(=O)CC(C)CC(=O)c3cc(CCCCc4ccc(C)cc4)cs3)CC2)c(OC)c1OC. The molecule has 1 aromatic heterocycles. The zero-order valence-electron chi connectivity index (χ0n) is 26.3. The standard InChI is InChI=1S/C35H46N2O5S/c1-25-10-12-27(13-11-25)8-6-7-9-28-22-32(43-24-28)30(38)20-26(2)21-33(39)37-18-16-36(17-19-37)23-29-14-15-31(40-3)35(42-5)34(29)41-4/h10-15,22,24,26H,6-9,16-21,23H2,1-5H3. The summed E-state index contributed by atoms with van der Waals surface area (Å²) in [7, 11) is 4.85. The predicted molar refractivity (Wildman–Crippen MR) is 173 cm³/mol. The first-order chi connectivity index (χ1) is 20.8. The second kappa shape index (κ2) is 15.9. The summed E-state index contributed by atoms with van der Waals surface area (Å²) >= 11 is 1.54. The van der Waals surface area contributed by atoms with Crippen LogP contribution in [-0.2, 0) is 24.2 Å². The summed E-state index contributed by atoms with van der Waals surface area (Å²) in [6, 6.07) is 14.7. The number of methoxy groups -OCH3 is 3. The van der Waals surface area contributed by atoms with Gasteiger partial charge in [0.25, 0.3) is 0 Å². The summed E-state index contributed by atoms with van der Waals surface area (Å²) in [5.41, 5.74) is 4.93. The van der Waals surface area contributed by atoms with Crippen LogP contribution in [0.4, 0.5) is 0 Å². The van der Waals surface area contributed by atoms with Crippen LogP contribution in [0.3, 0.4) is 0 Å². The Morgan fingerprint density at radius 1 is 0.837 bits per heavy atom. The lowest BCUT2D eigenvalue weighted by molar-refractivity contribution is -0.133.